The fourth-order valence-electron chi connectivity index (χ4n) is 5.22. The molecule has 2 saturated heterocycles. The molecular formula is C27H32F3N3O3. The second kappa shape index (κ2) is 10.1. The molecule has 0 saturated carbocycles. The van der Waals surface area contributed by atoms with Crippen molar-refractivity contribution in [2.24, 2.45) is 0 Å². The number of benzene rings is 2. The maximum Gasteiger partial charge on any atom is 0.471 e. The first-order valence-corrected chi connectivity index (χ1v) is 12.1. The zero-order valence-electron chi connectivity index (χ0n) is 20.7. The highest BCUT2D eigenvalue weighted by molar-refractivity contribution is 5.82. The van der Waals surface area contributed by atoms with Crippen LogP contribution in [0.3, 0.4) is 0 Å². The average molecular weight is 504 g/mol. The predicted octanol–water partition coefficient (Wildman–Crippen LogP) is 4.51. The summed E-state index contributed by atoms with van der Waals surface area (Å²) in [5.74, 6) is -1.97. The monoisotopic (exact) mass is 503 g/mol. The van der Waals surface area contributed by atoms with Gasteiger partial charge >= 0.3 is 18.2 Å². The number of hydrogen-bond donors (Lipinski definition) is 0. The van der Waals surface area contributed by atoms with Crippen molar-refractivity contribution in [3.8, 4) is 0 Å². The van der Waals surface area contributed by atoms with Crippen molar-refractivity contribution in [1.29, 1.82) is 0 Å². The Balaban J connectivity index is 1.71. The number of alkyl halides is 3. The molecule has 0 radical (unpaired) electrons. The number of carbonyl (C=O) groups is 2. The van der Waals surface area contributed by atoms with Gasteiger partial charge in [-0.3, -0.25) is 9.69 Å². The van der Waals surface area contributed by atoms with Gasteiger partial charge in [0.25, 0.3) is 0 Å². The summed E-state index contributed by atoms with van der Waals surface area (Å²) in [6, 6.07) is 19.1. The number of carbonyl (C=O) groups excluding carboxylic acids is 2. The van der Waals surface area contributed by atoms with E-state index >= 15 is 0 Å². The molecule has 9 heteroatoms. The van der Waals surface area contributed by atoms with E-state index in [2.05, 4.69) is 4.90 Å². The molecule has 2 aliphatic rings. The third kappa shape index (κ3) is 5.83. The van der Waals surface area contributed by atoms with E-state index in [1.165, 1.54) is 0 Å². The summed E-state index contributed by atoms with van der Waals surface area (Å²) in [6.45, 7) is 6.03. The minimum Gasteiger partial charge on any atom is -0.444 e. The predicted molar refractivity (Wildman–Crippen MR) is 129 cm³/mol. The van der Waals surface area contributed by atoms with Crippen molar-refractivity contribution < 1.29 is 27.5 Å². The van der Waals surface area contributed by atoms with E-state index in [0.717, 1.165) is 16.0 Å². The lowest BCUT2D eigenvalue weighted by Crippen LogP contribution is -2.69. The van der Waals surface area contributed by atoms with Crippen LogP contribution in [0.2, 0.25) is 0 Å². The van der Waals surface area contributed by atoms with E-state index in [9.17, 15) is 22.8 Å². The van der Waals surface area contributed by atoms with Crippen LogP contribution in [0.5, 0.6) is 0 Å². The Hall–Kier alpha value is -3.07. The summed E-state index contributed by atoms with van der Waals surface area (Å²) in [5, 5.41) is 0. The van der Waals surface area contributed by atoms with Crippen LogP contribution in [0, 0.1) is 0 Å². The number of fused-ring (bicyclic) bond motifs is 1. The van der Waals surface area contributed by atoms with Crippen LogP contribution in [-0.2, 0) is 9.53 Å². The molecule has 2 aliphatic heterocycles. The molecule has 194 valence electrons. The highest BCUT2D eigenvalue weighted by Crippen LogP contribution is 2.36. The third-order valence-corrected chi connectivity index (χ3v) is 6.68. The summed E-state index contributed by atoms with van der Waals surface area (Å²) in [5.41, 5.74) is 1.38. The zero-order valence-corrected chi connectivity index (χ0v) is 20.7. The normalized spacial score (nSPS) is 21.3. The lowest BCUT2D eigenvalue weighted by atomic mass is 9.82. The Labute approximate surface area is 209 Å². The van der Waals surface area contributed by atoms with E-state index in [1.807, 2.05) is 60.7 Å². The molecule has 2 heterocycles. The smallest absolute Gasteiger partial charge is 0.444 e. The van der Waals surface area contributed by atoms with Crippen molar-refractivity contribution in [2.75, 3.05) is 32.7 Å². The van der Waals surface area contributed by atoms with Gasteiger partial charge in [0.05, 0.1) is 0 Å². The van der Waals surface area contributed by atoms with Crippen molar-refractivity contribution >= 4 is 12.0 Å². The third-order valence-electron chi connectivity index (χ3n) is 6.68. The number of hydrogen-bond acceptors (Lipinski definition) is 4. The van der Waals surface area contributed by atoms with E-state index < -0.39 is 29.8 Å². The number of halogens is 3. The van der Waals surface area contributed by atoms with Crippen molar-refractivity contribution in [1.82, 2.24) is 14.7 Å². The molecule has 2 amide bonds. The molecule has 0 spiro atoms. The van der Waals surface area contributed by atoms with E-state index in [0.29, 0.717) is 6.54 Å². The lowest BCUT2D eigenvalue weighted by Gasteiger charge is -2.53. The molecule has 2 aromatic carbocycles. The number of piperazine rings is 2. The number of amides is 2. The minimum absolute atomic E-state index is 0.0198. The summed E-state index contributed by atoms with van der Waals surface area (Å²) in [4.78, 5) is 29.8. The lowest BCUT2D eigenvalue weighted by molar-refractivity contribution is -0.189. The molecule has 36 heavy (non-hydrogen) atoms. The quantitative estimate of drug-likeness (QED) is 0.619. The molecule has 0 aromatic heterocycles. The van der Waals surface area contributed by atoms with Crippen LogP contribution in [-0.4, -0.2) is 83.3 Å². The van der Waals surface area contributed by atoms with Gasteiger partial charge in [-0.1, -0.05) is 60.7 Å². The molecule has 2 aromatic rings. The maximum absolute atomic E-state index is 13.2. The second-order valence-corrected chi connectivity index (χ2v) is 10.4. The van der Waals surface area contributed by atoms with Crippen LogP contribution >= 0.6 is 0 Å². The second-order valence-electron chi connectivity index (χ2n) is 10.4. The fourth-order valence-corrected chi connectivity index (χ4v) is 5.22. The van der Waals surface area contributed by atoms with Crippen LogP contribution < -0.4 is 0 Å². The van der Waals surface area contributed by atoms with Crippen LogP contribution in [0.1, 0.15) is 37.8 Å². The molecule has 0 bridgehead atoms. The van der Waals surface area contributed by atoms with Crippen molar-refractivity contribution in [2.45, 2.75) is 50.6 Å². The number of ether oxygens (including phenoxy) is 1. The van der Waals surface area contributed by atoms with Crippen LogP contribution in [0.25, 0.3) is 0 Å². The highest BCUT2D eigenvalue weighted by Gasteiger charge is 2.49. The van der Waals surface area contributed by atoms with Crippen molar-refractivity contribution in [3.63, 3.8) is 0 Å². The van der Waals surface area contributed by atoms with Gasteiger partial charge in [0.1, 0.15) is 5.60 Å². The molecule has 2 fully saturated rings. The van der Waals surface area contributed by atoms with Gasteiger partial charge in [0, 0.05) is 50.7 Å². The van der Waals surface area contributed by atoms with Crippen LogP contribution in [0.4, 0.5) is 18.0 Å². The molecule has 0 N–H and O–H groups in total. The Morgan fingerprint density at radius 3 is 1.86 bits per heavy atom. The molecule has 0 unspecified atom stereocenters. The Morgan fingerprint density at radius 1 is 0.833 bits per heavy atom. The zero-order chi connectivity index (χ0) is 26.1. The van der Waals surface area contributed by atoms with Gasteiger partial charge < -0.3 is 14.5 Å². The Morgan fingerprint density at radius 2 is 1.36 bits per heavy atom. The van der Waals surface area contributed by atoms with Gasteiger partial charge in [0.15, 0.2) is 0 Å². The first-order valence-electron chi connectivity index (χ1n) is 12.1. The number of rotatable bonds is 3. The van der Waals surface area contributed by atoms with Crippen LogP contribution in [0.15, 0.2) is 60.7 Å². The standard InChI is InChI=1S/C27H32F3N3O3/c1-26(2,3)36-25(35)32-17-21-16-31(24(34)27(28,29)30)14-15-33(21)22(18-32)23(19-10-6-4-7-11-19)20-12-8-5-9-13-20/h4-13,21-23H,14-18H2,1-3H3/t21-,22-/m0/s1. The SMILES string of the molecule is CC(C)(C)OC(=O)N1C[C@@H]2CN(C(=O)C(F)(F)F)CCN2[C@H](C(c2ccccc2)c2ccccc2)C1. The molecule has 4 rings (SSSR count). The van der Waals surface area contributed by atoms with E-state index in [4.69, 9.17) is 4.74 Å². The number of nitrogens with zero attached hydrogens (tertiary/aromatic N) is 3. The largest absolute Gasteiger partial charge is 0.471 e. The van der Waals surface area contributed by atoms with E-state index in [-0.39, 0.29) is 38.1 Å². The fraction of sp³-hybridized carbons (Fsp3) is 0.481. The van der Waals surface area contributed by atoms with Gasteiger partial charge in [-0.15, -0.1) is 0 Å². The first kappa shape index (κ1) is 26.0. The summed E-state index contributed by atoms with van der Waals surface area (Å²) >= 11 is 0. The summed E-state index contributed by atoms with van der Waals surface area (Å²) in [6.07, 6.45) is -5.44. The highest BCUT2D eigenvalue weighted by atomic mass is 19.4. The molecular weight excluding hydrogens is 471 g/mol. The van der Waals surface area contributed by atoms with Gasteiger partial charge in [0.2, 0.25) is 0 Å². The van der Waals surface area contributed by atoms with Gasteiger partial charge in [-0.05, 0) is 31.9 Å². The average Bonchev–Trinajstić information content (AvgIpc) is 2.83. The Bertz CT molecular complexity index is 1020. The van der Waals surface area contributed by atoms with Gasteiger partial charge in [-0.25, -0.2) is 4.79 Å². The molecule has 6 nitrogen and oxygen atoms in total. The van der Waals surface area contributed by atoms with Crippen molar-refractivity contribution in [3.05, 3.63) is 71.8 Å². The van der Waals surface area contributed by atoms with Gasteiger partial charge in [-0.2, -0.15) is 13.2 Å². The molecule has 2 atom stereocenters. The molecule has 0 aliphatic carbocycles. The summed E-state index contributed by atoms with van der Waals surface area (Å²) < 4.78 is 45.3. The Kier molecular flexibility index (Phi) is 7.31. The van der Waals surface area contributed by atoms with E-state index in [1.54, 1.807) is 25.7 Å². The summed E-state index contributed by atoms with van der Waals surface area (Å²) in [7, 11) is 0. The minimum atomic E-state index is -4.93. The first-order chi connectivity index (χ1) is 16.9. The maximum atomic E-state index is 13.2. The topological polar surface area (TPSA) is 53.1 Å².